The molecule has 0 N–H and O–H groups in total. The van der Waals surface area contributed by atoms with Gasteiger partial charge >= 0.3 is 0 Å². The molecule has 5 nitrogen and oxygen atoms in total. The molecule has 20 heavy (non-hydrogen) atoms. The Morgan fingerprint density at radius 3 is 2.50 bits per heavy atom. The Kier molecular flexibility index (Phi) is 3.99. The van der Waals surface area contributed by atoms with Gasteiger partial charge in [-0.1, -0.05) is 31.5 Å². The minimum atomic E-state index is -0.571. The van der Waals surface area contributed by atoms with Crippen molar-refractivity contribution in [2.75, 3.05) is 13.1 Å². The molecule has 1 aromatic carbocycles. The number of halogens is 1. The van der Waals surface area contributed by atoms with Gasteiger partial charge in [0, 0.05) is 19.2 Å². The molecule has 1 aliphatic heterocycles. The first-order chi connectivity index (χ1) is 9.32. The second-order valence-electron chi connectivity index (χ2n) is 5.85. The molecule has 108 valence electrons. The first-order valence-electron chi connectivity index (χ1n) is 6.54. The van der Waals surface area contributed by atoms with E-state index in [0.29, 0.717) is 13.1 Å². The van der Waals surface area contributed by atoms with Crippen molar-refractivity contribution in [2.45, 2.75) is 26.7 Å². The summed E-state index contributed by atoms with van der Waals surface area (Å²) in [6, 6.07) is 4.33. The fourth-order valence-electron chi connectivity index (χ4n) is 2.31. The van der Waals surface area contributed by atoms with Crippen LogP contribution < -0.4 is 0 Å². The minimum absolute atomic E-state index is 0.0765. The monoisotopic (exact) mass is 296 g/mol. The smallest absolute Gasteiger partial charge is 0.288 e. The van der Waals surface area contributed by atoms with Crippen LogP contribution in [0.3, 0.4) is 0 Å². The van der Waals surface area contributed by atoms with Crippen molar-refractivity contribution in [3.05, 3.63) is 38.9 Å². The van der Waals surface area contributed by atoms with Crippen LogP contribution in [0.5, 0.6) is 0 Å². The summed E-state index contributed by atoms with van der Waals surface area (Å²) in [5.74, 6) is -0.228. The van der Waals surface area contributed by atoms with Crippen molar-refractivity contribution in [2.24, 2.45) is 5.41 Å². The maximum Gasteiger partial charge on any atom is 0.288 e. The Morgan fingerprint density at radius 2 is 1.95 bits per heavy atom. The molecule has 6 heteroatoms. The molecular weight excluding hydrogens is 280 g/mol. The number of amides is 1. The van der Waals surface area contributed by atoms with E-state index in [0.717, 1.165) is 12.8 Å². The normalized spacial score (nSPS) is 17.9. The number of hydrogen-bond donors (Lipinski definition) is 0. The number of nitro benzene ring substituents is 1. The van der Waals surface area contributed by atoms with Crippen LogP contribution in [0.15, 0.2) is 18.2 Å². The third kappa shape index (κ3) is 2.93. The topological polar surface area (TPSA) is 63.5 Å². The number of rotatable bonds is 2. The summed E-state index contributed by atoms with van der Waals surface area (Å²) in [4.78, 5) is 24.4. The Labute approximate surface area is 122 Å². The number of nitrogens with zero attached hydrogens (tertiary/aromatic N) is 2. The average Bonchev–Trinajstić information content (AvgIpc) is 2.38. The summed E-state index contributed by atoms with van der Waals surface area (Å²) in [5, 5.41) is 10.8. The van der Waals surface area contributed by atoms with Crippen molar-refractivity contribution < 1.29 is 9.72 Å². The molecule has 0 unspecified atom stereocenters. The van der Waals surface area contributed by atoms with Crippen molar-refractivity contribution >= 4 is 23.2 Å². The van der Waals surface area contributed by atoms with Crippen LogP contribution in [0.1, 0.15) is 37.0 Å². The molecule has 0 spiro atoms. The van der Waals surface area contributed by atoms with Crippen LogP contribution in [0.25, 0.3) is 0 Å². The number of piperidine rings is 1. The van der Waals surface area contributed by atoms with Crippen LogP contribution in [-0.2, 0) is 0 Å². The van der Waals surface area contributed by atoms with Gasteiger partial charge in [-0.3, -0.25) is 14.9 Å². The Hall–Kier alpha value is -1.62. The maximum atomic E-state index is 12.4. The lowest BCUT2D eigenvalue weighted by atomic mass is 9.82. The molecule has 2 rings (SSSR count). The molecule has 1 heterocycles. The number of benzene rings is 1. The van der Waals surface area contributed by atoms with Gasteiger partial charge in [0.05, 0.1) is 10.5 Å². The standard InChI is InChI=1S/C14H17ClN2O3/c1-14(2)6-8-16(9-7-14)13(18)10-4-3-5-11(12(10)15)17(19)20/h3-5H,6-9H2,1-2H3. The Morgan fingerprint density at radius 1 is 1.35 bits per heavy atom. The lowest BCUT2D eigenvalue weighted by molar-refractivity contribution is -0.384. The molecule has 0 aromatic heterocycles. The van der Waals surface area contributed by atoms with Gasteiger partial charge in [0.2, 0.25) is 0 Å². The van der Waals surface area contributed by atoms with Gasteiger partial charge in [0.25, 0.3) is 11.6 Å². The molecule has 0 saturated carbocycles. The molecule has 1 fully saturated rings. The van der Waals surface area contributed by atoms with E-state index in [9.17, 15) is 14.9 Å². The van der Waals surface area contributed by atoms with Crippen molar-refractivity contribution in [1.82, 2.24) is 4.90 Å². The predicted molar refractivity (Wildman–Crippen MR) is 77.0 cm³/mol. The first-order valence-corrected chi connectivity index (χ1v) is 6.92. The first kappa shape index (κ1) is 14.8. The molecule has 0 aliphatic carbocycles. The van der Waals surface area contributed by atoms with E-state index in [4.69, 9.17) is 11.6 Å². The van der Waals surface area contributed by atoms with Crippen molar-refractivity contribution in [3.8, 4) is 0 Å². The van der Waals surface area contributed by atoms with Crippen LogP contribution in [0.2, 0.25) is 5.02 Å². The third-order valence-electron chi connectivity index (χ3n) is 3.81. The summed E-state index contributed by atoms with van der Waals surface area (Å²) in [5.41, 5.74) is 0.221. The lowest BCUT2D eigenvalue weighted by Crippen LogP contribution is -2.41. The second kappa shape index (κ2) is 5.40. The van der Waals surface area contributed by atoms with Crippen LogP contribution in [0.4, 0.5) is 5.69 Å². The molecule has 0 radical (unpaired) electrons. The van der Waals surface area contributed by atoms with Crippen LogP contribution >= 0.6 is 11.6 Å². The van der Waals surface area contributed by atoms with E-state index in [2.05, 4.69) is 13.8 Å². The van der Waals surface area contributed by atoms with Gasteiger partial charge in [0.1, 0.15) is 5.02 Å². The highest BCUT2D eigenvalue weighted by Gasteiger charge is 2.30. The molecule has 1 aromatic rings. The number of carbonyl (C=O) groups excluding carboxylic acids is 1. The van der Waals surface area contributed by atoms with E-state index >= 15 is 0 Å². The molecule has 0 atom stereocenters. The molecule has 1 aliphatic rings. The van der Waals surface area contributed by atoms with Gasteiger partial charge in [-0.15, -0.1) is 0 Å². The van der Waals surface area contributed by atoms with E-state index in [-0.39, 0.29) is 27.6 Å². The van der Waals surface area contributed by atoms with Gasteiger partial charge in [-0.25, -0.2) is 0 Å². The van der Waals surface area contributed by atoms with Crippen LogP contribution in [-0.4, -0.2) is 28.8 Å². The highest BCUT2D eigenvalue weighted by molar-refractivity contribution is 6.35. The largest absolute Gasteiger partial charge is 0.339 e. The quantitative estimate of drug-likeness (QED) is 0.619. The lowest BCUT2D eigenvalue weighted by Gasteiger charge is -2.37. The number of hydrogen-bond acceptors (Lipinski definition) is 3. The zero-order chi connectivity index (χ0) is 14.9. The Balaban J connectivity index is 2.22. The SMILES string of the molecule is CC1(C)CCN(C(=O)c2cccc([N+](=O)[O-])c2Cl)CC1. The zero-order valence-electron chi connectivity index (χ0n) is 11.6. The number of carbonyl (C=O) groups is 1. The number of likely N-dealkylation sites (tertiary alicyclic amines) is 1. The molecule has 1 amide bonds. The van der Waals surface area contributed by atoms with Gasteiger partial charge in [-0.05, 0) is 24.3 Å². The highest BCUT2D eigenvalue weighted by Crippen LogP contribution is 2.33. The van der Waals surface area contributed by atoms with Crippen LogP contribution in [0, 0.1) is 15.5 Å². The van der Waals surface area contributed by atoms with E-state index in [1.54, 1.807) is 4.90 Å². The number of nitro groups is 1. The third-order valence-corrected chi connectivity index (χ3v) is 4.21. The second-order valence-corrected chi connectivity index (χ2v) is 6.23. The summed E-state index contributed by atoms with van der Waals surface area (Å²) in [6.45, 7) is 5.67. The molecular formula is C14H17ClN2O3. The van der Waals surface area contributed by atoms with Gasteiger partial charge in [0.15, 0.2) is 0 Å². The average molecular weight is 297 g/mol. The fourth-order valence-corrected chi connectivity index (χ4v) is 2.59. The fraction of sp³-hybridized carbons (Fsp3) is 0.500. The van der Waals surface area contributed by atoms with Gasteiger partial charge in [-0.2, -0.15) is 0 Å². The Bertz CT molecular complexity index is 547. The summed E-state index contributed by atoms with van der Waals surface area (Å²) in [6.07, 6.45) is 1.84. The maximum absolute atomic E-state index is 12.4. The molecule has 0 bridgehead atoms. The zero-order valence-corrected chi connectivity index (χ0v) is 12.3. The van der Waals surface area contributed by atoms with Crippen molar-refractivity contribution in [3.63, 3.8) is 0 Å². The molecule has 1 saturated heterocycles. The van der Waals surface area contributed by atoms with E-state index in [1.165, 1.54) is 18.2 Å². The summed E-state index contributed by atoms with van der Waals surface area (Å²) >= 11 is 5.98. The summed E-state index contributed by atoms with van der Waals surface area (Å²) < 4.78 is 0. The van der Waals surface area contributed by atoms with Gasteiger partial charge < -0.3 is 4.90 Å². The van der Waals surface area contributed by atoms with E-state index < -0.39 is 4.92 Å². The van der Waals surface area contributed by atoms with Crippen molar-refractivity contribution in [1.29, 1.82) is 0 Å². The summed E-state index contributed by atoms with van der Waals surface area (Å²) in [7, 11) is 0. The predicted octanol–water partition coefficient (Wildman–Crippen LogP) is 3.51. The van der Waals surface area contributed by atoms with E-state index in [1.807, 2.05) is 0 Å². The highest BCUT2D eigenvalue weighted by atomic mass is 35.5. The minimum Gasteiger partial charge on any atom is -0.339 e.